The van der Waals surface area contributed by atoms with E-state index in [0.717, 1.165) is 5.56 Å². The molecule has 0 bridgehead atoms. The number of nitrogens with one attached hydrogen (secondary N) is 4. The normalized spacial score (nSPS) is 11.4. The molecule has 3 aromatic rings. The number of H-pyrrole nitrogens is 4. The van der Waals surface area contributed by atoms with Crippen molar-refractivity contribution in [3.63, 3.8) is 0 Å². The summed E-state index contributed by atoms with van der Waals surface area (Å²) in [5.74, 6) is 0.486. The quantitative estimate of drug-likeness (QED) is 0.461. The molecule has 9 heteroatoms. The Kier molecular flexibility index (Phi) is 5.55. The number of aryl methyl sites for hydroxylation is 2. The van der Waals surface area contributed by atoms with Crippen LogP contribution in [0.5, 0.6) is 11.5 Å². The Bertz CT molecular complexity index is 1050. The van der Waals surface area contributed by atoms with Crippen LogP contribution < -0.4 is 20.6 Å². The molecule has 0 aliphatic carbocycles. The molecule has 2 heterocycles. The predicted octanol–water partition coefficient (Wildman–Crippen LogP) is 3.07. The van der Waals surface area contributed by atoms with Gasteiger partial charge in [0.15, 0.2) is 11.5 Å². The van der Waals surface area contributed by atoms with Crippen LogP contribution in [0.15, 0.2) is 26.2 Å². The molecule has 0 fully saturated rings. The van der Waals surface area contributed by atoms with Crippen molar-refractivity contribution in [2.24, 2.45) is 0 Å². The van der Waals surface area contributed by atoms with E-state index in [1.165, 1.54) is 0 Å². The molecule has 1 aromatic carbocycles. The zero-order chi connectivity index (χ0) is 20.6. The van der Waals surface area contributed by atoms with Gasteiger partial charge in [-0.1, -0.05) is 0 Å². The average molecular weight is 451 g/mol. The predicted molar refractivity (Wildman–Crippen MR) is 110 cm³/mol. The van der Waals surface area contributed by atoms with Crippen molar-refractivity contribution < 1.29 is 9.47 Å². The highest BCUT2D eigenvalue weighted by atomic mass is 79.9. The second-order valence-electron chi connectivity index (χ2n) is 6.87. The molecule has 28 heavy (non-hydrogen) atoms. The monoisotopic (exact) mass is 450 g/mol. The van der Waals surface area contributed by atoms with Crippen LogP contribution in [0.25, 0.3) is 0 Å². The van der Waals surface area contributed by atoms with Crippen LogP contribution >= 0.6 is 15.9 Å². The number of benzene rings is 1. The number of halogens is 1. The zero-order valence-corrected chi connectivity index (χ0v) is 17.9. The third-order valence-electron chi connectivity index (χ3n) is 4.54. The number of ether oxygens (including phenoxy) is 2. The molecule has 0 amide bonds. The van der Waals surface area contributed by atoms with Crippen molar-refractivity contribution in [2.75, 3.05) is 7.11 Å². The lowest BCUT2D eigenvalue weighted by atomic mass is 9.85. The third-order valence-corrected chi connectivity index (χ3v) is 5.13. The smallest absolute Gasteiger partial charge is 0.268 e. The minimum absolute atomic E-state index is 0.0450. The molecule has 2 aromatic heterocycles. The van der Waals surface area contributed by atoms with Crippen LogP contribution in [0, 0.1) is 13.8 Å². The first kappa shape index (κ1) is 20.1. The highest BCUT2D eigenvalue weighted by Crippen LogP contribution is 2.42. The second kappa shape index (κ2) is 7.75. The number of hydrogen-bond acceptors (Lipinski definition) is 4. The molecule has 3 rings (SSSR count). The van der Waals surface area contributed by atoms with E-state index >= 15 is 0 Å². The molecule has 0 radical (unpaired) electrons. The zero-order valence-electron chi connectivity index (χ0n) is 16.3. The van der Waals surface area contributed by atoms with E-state index in [1.54, 1.807) is 27.0 Å². The van der Waals surface area contributed by atoms with Crippen molar-refractivity contribution in [2.45, 2.75) is 39.7 Å². The highest BCUT2D eigenvalue weighted by molar-refractivity contribution is 9.10. The maximum atomic E-state index is 12.5. The molecule has 150 valence electrons. The van der Waals surface area contributed by atoms with E-state index in [2.05, 4.69) is 36.3 Å². The second-order valence-corrected chi connectivity index (χ2v) is 7.72. The Morgan fingerprint density at radius 1 is 0.929 bits per heavy atom. The Labute approximate surface area is 169 Å². The number of aromatic nitrogens is 4. The molecule has 0 spiro atoms. The van der Waals surface area contributed by atoms with Gasteiger partial charge in [-0.3, -0.25) is 19.8 Å². The van der Waals surface area contributed by atoms with Crippen molar-refractivity contribution >= 4 is 15.9 Å². The molecule has 0 aliphatic heterocycles. The van der Waals surface area contributed by atoms with Gasteiger partial charge in [-0.15, -0.1) is 0 Å². The lowest BCUT2D eigenvalue weighted by molar-refractivity contribution is 0.228. The van der Waals surface area contributed by atoms with Gasteiger partial charge in [0.25, 0.3) is 11.1 Å². The maximum Gasteiger partial charge on any atom is 0.268 e. The Morgan fingerprint density at radius 2 is 1.46 bits per heavy atom. The summed E-state index contributed by atoms with van der Waals surface area (Å²) in [7, 11) is 1.55. The van der Waals surface area contributed by atoms with Crippen molar-refractivity contribution in [3.8, 4) is 11.5 Å². The number of aromatic amines is 4. The van der Waals surface area contributed by atoms with Crippen LogP contribution in [-0.2, 0) is 0 Å². The van der Waals surface area contributed by atoms with Gasteiger partial charge in [0.2, 0.25) is 0 Å². The molecule has 8 nitrogen and oxygen atoms in total. The van der Waals surface area contributed by atoms with Crippen molar-refractivity contribution in [1.82, 2.24) is 20.4 Å². The lowest BCUT2D eigenvalue weighted by Crippen LogP contribution is -2.20. The first-order valence-electron chi connectivity index (χ1n) is 8.82. The minimum atomic E-state index is -0.594. The summed E-state index contributed by atoms with van der Waals surface area (Å²) in [6.45, 7) is 7.43. The average Bonchev–Trinajstić information content (AvgIpc) is 3.13. The number of hydrogen-bond donors (Lipinski definition) is 4. The summed E-state index contributed by atoms with van der Waals surface area (Å²) in [5, 5.41) is 10.9. The molecule has 0 saturated heterocycles. The Morgan fingerprint density at radius 3 is 1.86 bits per heavy atom. The van der Waals surface area contributed by atoms with Gasteiger partial charge in [-0.25, -0.2) is 0 Å². The van der Waals surface area contributed by atoms with E-state index in [1.807, 2.05) is 19.9 Å². The fourth-order valence-electron chi connectivity index (χ4n) is 3.34. The summed E-state index contributed by atoms with van der Waals surface area (Å²) in [6, 6.07) is 3.65. The molecule has 0 saturated carbocycles. The van der Waals surface area contributed by atoms with Crippen LogP contribution in [0.2, 0.25) is 0 Å². The molecule has 0 atom stereocenters. The fraction of sp³-hybridized carbons (Fsp3) is 0.368. The van der Waals surface area contributed by atoms with Crippen LogP contribution in [0.4, 0.5) is 0 Å². The lowest BCUT2D eigenvalue weighted by Gasteiger charge is -2.20. The fourth-order valence-corrected chi connectivity index (χ4v) is 3.89. The van der Waals surface area contributed by atoms with Gasteiger partial charge in [-0.05, 0) is 61.3 Å². The molecule has 4 N–H and O–H groups in total. The standard InChI is InChI=1S/C19H23BrN4O4/c1-8(2)28-17-12(20)6-11(7-13(17)27-5)16(14-9(3)21-23-18(14)25)15-10(4)22-24-19(15)26/h6-8,16H,1-5H3,(H2,21,23,25)(H2,22,24,26). The first-order valence-corrected chi connectivity index (χ1v) is 9.62. The van der Waals surface area contributed by atoms with E-state index in [-0.39, 0.29) is 17.2 Å². The molecule has 0 unspecified atom stereocenters. The highest BCUT2D eigenvalue weighted by Gasteiger charge is 2.29. The number of rotatable bonds is 6. The van der Waals surface area contributed by atoms with Gasteiger partial charge in [0, 0.05) is 17.3 Å². The third kappa shape index (κ3) is 3.54. The van der Waals surface area contributed by atoms with Gasteiger partial charge in [-0.2, -0.15) is 0 Å². The molecule has 0 aliphatic rings. The summed E-state index contributed by atoms with van der Waals surface area (Å²) in [6.07, 6.45) is -0.0450. The van der Waals surface area contributed by atoms with Crippen LogP contribution in [-0.4, -0.2) is 33.6 Å². The largest absolute Gasteiger partial charge is 0.493 e. The van der Waals surface area contributed by atoms with Crippen LogP contribution in [0.3, 0.4) is 0 Å². The van der Waals surface area contributed by atoms with E-state index < -0.39 is 5.92 Å². The van der Waals surface area contributed by atoms with E-state index in [4.69, 9.17) is 9.47 Å². The Balaban J connectivity index is 2.30. The Hall–Kier alpha value is -2.68. The minimum Gasteiger partial charge on any atom is -0.493 e. The SMILES string of the molecule is COc1cc(C(c2c(C)[nH][nH]c2=O)c2c(C)[nH][nH]c2=O)cc(Br)c1OC(C)C. The molecular weight excluding hydrogens is 428 g/mol. The van der Waals surface area contributed by atoms with Crippen molar-refractivity contribution in [3.05, 3.63) is 65.4 Å². The maximum absolute atomic E-state index is 12.5. The summed E-state index contributed by atoms with van der Waals surface area (Å²) in [5.41, 5.74) is 2.43. The summed E-state index contributed by atoms with van der Waals surface area (Å²) >= 11 is 3.54. The first-order chi connectivity index (χ1) is 13.2. The van der Waals surface area contributed by atoms with Gasteiger partial charge < -0.3 is 19.7 Å². The summed E-state index contributed by atoms with van der Waals surface area (Å²) in [4.78, 5) is 25.1. The van der Waals surface area contributed by atoms with Gasteiger partial charge in [0.05, 0.1) is 28.8 Å². The molecular formula is C19H23BrN4O4. The van der Waals surface area contributed by atoms with E-state index in [9.17, 15) is 9.59 Å². The van der Waals surface area contributed by atoms with E-state index in [0.29, 0.717) is 38.5 Å². The summed E-state index contributed by atoms with van der Waals surface area (Å²) < 4.78 is 12.1. The van der Waals surface area contributed by atoms with Gasteiger partial charge in [0.1, 0.15) is 0 Å². The van der Waals surface area contributed by atoms with Gasteiger partial charge >= 0.3 is 0 Å². The topological polar surface area (TPSA) is 116 Å². The van der Waals surface area contributed by atoms with Crippen molar-refractivity contribution in [1.29, 1.82) is 0 Å². The van der Waals surface area contributed by atoms with Crippen LogP contribution in [0.1, 0.15) is 47.8 Å². The number of methoxy groups -OCH3 is 1.